The number of rotatable bonds is 1. The quantitative estimate of drug-likeness (QED) is 0.514. The van der Waals surface area contributed by atoms with Gasteiger partial charge in [0.15, 0.2) is 11.6 Å². The third-order valence-electron chi connectivity index (χ3n) is 4.04. The Bertz CT molecular complexity index is 431. The second-order valence-corrected chi connectivity index (χ2v) is 5.01. The summed E-state index contributed by atoms with van der Waals surface area (Å²) in [6.07, 6.45) is 2.53. The van der Waals surface area contributed by atoms with Gasteiger partial charge in [-0.1, -0.05) is 5.57 Å². The first-order valence-corrected chi connectivity index (χ1v) is 6.26. The zero-order chi connectivity index (χ0) is 12.8. The number of methoxy groups -OCH3 is 1. The molecule has 1 fully saturated rings. The van der Waals surface area contributed by atoms with Gasteiger partial charge in [-0.3, -0.25) is 9.59 Å². The minimum atomic E-state index is -0.642. The maximum absolute atomic E-state index is 12.2. The minimum Gasteiger partial charge on any atom is -0.468 e. The monoisotopic (exact) mass is 252 g/mol. The number of hydrogen-bond acceptors (Lipinski definition) is 5. The molecule has 1 spiro atoms. The number of carbonyl (C=O) groups is 2. The van der Waals surface area contributed by atoms with Crippen LogP contribution >= 0.6 is 0 Å². The normalized spacial score (nSPS) is 29.8. The van der Waals surface area contributed by atoms with Crippen LogP contribution in [0.1, 0.15) is 25.7 Å². The lowest BCUT2D eigenvalue weighted by Crippen LogP contribution is -2.34. The topological polar surface area (TPSA) is 61.8 Å². The fourth-order valence-corrected chi connectivity index (χ4v) is 3.09. The van der Waals surface area contributed by atoms with E-state index in [-0.39, 0.29) is 5.78 Å². The van der Waals surface area contributed by atoms with Crippen molar-refractivity contribution in [2.45, 2.75) is 31.5 Å². The molecular formula is C13H16O5. The molecule has 0 saturated carbocycles. The molecule has 18 heavy (non-hydrogen) atoms. The summed E-state index contributed by atoms with van der Waals surface area (Å²) in [7, 11) is 1.32. The Morgan fingerprint density at radius 2 is 2.11 bits per heavy atom. The van der Waals surface area contributed by atoms with Crippen LogP contribution in [0.3, 0.4) is 0 Å². The van der Waals surface area contributed by atoms with Crippen LogP contribution in [-0.4, -0.2) is 37.9 Å². The van der Waals surface area contributed by atoms with E-state index in [0.29, 0.717) is 26.1 Å². The Labute approximate surface area is 105 Å². The number of carbonyl (C=O) groups excluding carboxylic acids is 2. The fraction of sp³-hybridized carbons (Fsp3) is 0.692. The number of hydrogen-bond donors (Lipinski definition) is 0. The lowest BCUT2D eigenvalue weighted by atomic mass is 9.88. The number of Topliss-reactive ketones (excluding diaryl/α,β-unsaturated/α-hetero) is 1. The molecule has 1 aliphatic heterocycles. The van der Waals surface area contributed by atoms with E-state index in [1.807, 2.05) is 0 Å². The number of ketones is 1. The highest BCUT2D eigenvalue weighted by Crippen LogP contribution is 2.45. The van der Waals surface area contributed by atoms with Crippen molar-refractivity contribution in [3.63, 3.8) is 0 Å². The van der Waals surface area contributed by atoms with Gasteiger partial charge in [-0.2, -0.15) is 0 Å². The van der Waals surface area contributed by atoms with Gasteiger partial charge < -0.3 is 14.2 Å². The van der Waals surface area contributed by atoms with Crippen LogP contribution in [0.2, 0.25) is 0 Å². The molecule has 0 aromatic carbocycles. The van der Waals surface area contributed by atoms with E-state index in [9.17, 15) is 9.59 Å². The summed E-state index contributed by atoms with van der Waals surface area (Å²) in [6.45, 7) is 1.16. The van der Waals surface area contributed by atoms with Crippen LogP contribution in [0, 0.1) is 5.92 Å². The lowest BCUT2D eigenvalue weighted by molar-refractivity contribution is -0.164. The van der Waals surface area contributed by atoms with Gasteiger partial charge in [0.2, 0.25) is 0 Å². The largest absolute Gasteiger partial charge is 0.468 e. The average molecular weight is 252 g/mol. The Morgan fingerprint density at radius 1 is 1.39 bits per heavy atom. The first-order chi connectivity index (χ1) is 8.65. The van der Waals surface area contributed by atoms with Crippen LogP contribution in [0.4, 0.5) is 0 Å². The molecule has 2 aliphatic carbocycles. The van der Waals surface area contributed by atoms with Crippen LogP contribution in [0.5, 0.6) is 0 Å². The van der Waals surface area contributed by atoms with Gasteiger partial charge >= 0.3 is 5.97 Å². The molecule has 1 heterocycles. The van der Waals surface area contributed by atoms with E-state index in [0.717, 1.165) is 24.0 Å². The van der Waals surface area contributed by atoms with Crippen LogP contribution in [0.15, 0.2) is 11.1 Å². The van der Waals surface area contributed by atoms with E-state index >= 15 is 0 Å². The van der Waals surface area contributed by atoms with Crippen LogP contribution in [-0.2, 0) is 23.8 Å². The highest BCUT2D eigenvalue weighted by Gasteiger charge is 2.48. The van der Waals surface area contributed by atoms with Crippen molar-refractivity contribution in [3.8, 4) is 0 Å². The minimum absolute atomic E-state index is 0.102. The Morgan fingerprint density at radius 3 is 2.78 bits per heavy atom. The van der Waals surface area contributed by atoms with Crippen molar-refractivity contribution < 1.29 is 23.8 Å². The van der Waals surface area contributed by atoms with Gasteiger partial charge in [-0.25, -0.2) is 0 Å². The highest BCUT2D eigenvalue weighted by molar-refractivity contribution is 6.11. The summed E-state index contributed by atoms with van der Waals surface area (Å²) in [6, 6.07) is 0. The van der Waals surface area contributed by atoms with Crippen molar-refractivity contribution in [2.24, 2.45) is 5.92 Å². The van der Waals surface area contributed by atoms with E-state index in [1.54, 1.807) is 0 Å². The SMILES string of the molecule is COC(=O)C1CC2=C(CC3(CC2)OCCO3)C1=O. The number of ether oxygens (including phenoxy) is 3. The summed E-state index contributed by atoms with van der Waals surface area (Å²) in [5.74, 6) is -1.79. The summed E-state index contributed by atoms with van der Waals surface area (Å²) in [5.41, 5.74) is 1.82. The lowest BCUT2D eigenvalue weighted by Gasteiger charge is -2.31. The highest BCUT2D eigenvalue weighted by atomic mass is 16.7. The maximum atomic E-state index is 12.2. The summed E-state index contributed by atoms with van der Waals surface area (Å²) < 4.78 is 15.9. The van der Waals surface area contributed by atoms with Crippen molar-refractivity contribution in [2.75, 3.05) is 20.3 Å². The summed E-state index contributed by atoms with van der Waals surface area (Å²) in [5, 5.41) is 0. The van der Waals surface area contributed by atoms with Crippen LogP contribution in [0.25, 0.3) is 0 Å². The van der Waals surface area contributed by atoms with Gasteiger partial charge in [0, 0.05) is 18.4 Å². The molecule has 0 radical (unpaired) electrons. The van der Waals surface area contributed by atoms with E-state index in [2.05, 4.69) is 4.74 Å². The Balaban J connectivity index is 1.81. The van der Waals surface area contributed by atoms with E-state index in [1.165, 1.54) is 7.11 Å². The van der Waals surface area contributed by atoms with Crippen molar-refractivity contribution in [3.05, 3.63) is 11.1 Å². The van der Waals surface area contributed by atoms with Gasteiger partial charge in [0.05, 0.1) is 20.3 Å². The zero-order valence-electron chi connectivity index (χ0n) is 10.4. The third kappa shape index (κ3) is 1.69. The third-order valence-corrected chi connectivity index (χ3v) is 4.04. The van der Waals surface area contributed by atoms with Gasteiger partial charge in [-0.05, 0) is 12.8 Å². The first-order valence-electron chi connectivity index (χ1n) is 6.26. The molecule has 5 heteroatoms. The molecule has 0 amide bonds. The van der Waals surface area contributed by atoms with Crippen LogP contribution < -0.4 is 0 Å². The molecule has 1 unspecified atom stereocenters. The smallest absolute Gasteiger partial charge is 0.316 e. The number of esters is 1. The maximum Gasteiger partial charge on any atom is 0.316 e. The molecular weight excluding hydrogens is 236 g/mol. The molecule has 0 N–H and O–H groups in total. The molecule has 1 saturated heterocycles. The molecule has 1 atom stereocenters. The molecule has 3 rings (SSSR count). The predicted molar refractivity (Wildman–Crippen MR) is 60.6 cm³/mol. The fourth-order valence-electron chi connectivity index (χ4n) is 3.09. The average Bonchev–Trinajstić information content (AvgIpc) is 2.96. The van der Waals surface area contributed by atoms with E-state index in [4.69, 9.17) is 9.47 Å². The molecule has 3 aliphatic rings. The second kappa shape index (κ2) is 4.17. The van der Waals surface area contributed by atoms with Crippen molar-refractivity contribution in [1.29, 1.82) is 0 Å². The molecule has 0 aromatic rings. The van der Waals surface area contributed by atoms with Crippen molar-refractivity contribution in [1.82, 2.24) is 0 Å². The van der Waals surface area contributed by atoms with Gasteiger partial charge in [0.1, 0.15) is 5.92 Å². The van der Waals surface area contributed by atoms with Gasteiger partial charge in [-0.15, -0.1) is 0 Å². The molecule has 0 aromatic heterocycles. The molecule has 5 nitrogen and oxygen atoms in total. The zero-order valence-corrected chi connectivity index (χ0v) is 10.4. The van der Waals surface area contributed by atoms with E-state index < -0.39 is 17.7 Å². The van der Waals surface area contributed by atoms with Gasteiger partial charge in [0.25, 0.3) is 0 Å². The molecule has 0 bridgehead atoms. The van der Waals surface area contributed by atoms with Crippen molar-refractivity contribution >= 4 is 11.8 Å². The summed E-state index contributed by atoms with van der Waals surface area (Å²) in [4.78, 5) is 23.8. The first kappa shape index (κ1) is 11.9. The predicted octanol–water partition coefficient (Wildman–Crippen LogP) is 0.972. The second-order valence-electron chi connectivity index (χ2n) is 5.01. The standard InChI is InChI=1S/C13H16O5/c1-16-12(15)9-6-8-2-3-13(17-4-5-18-13)7-10(8)11(9)14/h9H,2-7H2,1H3. The number of allylic oxidation sites excluding steroid dienone is 1. The molecule has 98 valence electrons. The Hall–Kier alpha value is -1.20. The summed E-state index contributed by atoms with van der Waals surface area (Å²) >= 11 is 0. The Kier molecular flexibility index (Phi) is 2.75.